The fourth-order valence-electron chi connectivity index (χ4n) is 3.06. The number of pyridine rings is 1. The predicted octanol–water partition coefficient (Wildman–Crippen LogP) is 2.11. The maximum absolute atomic E-state index is 13.5. The molecule has 1 fully saturated rings. The van der Waals surface area contributed by atoms with Gasteiger partial charge in [-0.05, 0) is 24.1 Å². The minimum Gasteiger partial charge on any atom is -0.439 e. The van der Waals surface area contributed by atoms with Crippen LogP contribution in [0.2, 0.25) is 0 Å². The van der Waals surface area contributed by atoms with Gasteiger partial charge in [0.15, 0.2) is 0 Å². The molecule has 0 radical (unpaired) electrons. The number of nitro groups is 1. The van der Waals surface area contributed by atoms with Gasteiger partial charge >= 0.3 is 0 Å². The Labute approximate surface area is 165 Å². The van der Waals surface area contributed by atoms with Crippen LogP contribution in [0.3, 0.4) is 0 Å². The van der Waals surface area contributed by atoms with Gasteiger partial charge in [0.2, 0.25) is 11.8 Å². The van der Waals surface area contributed by atoms with Crippen molar-refractivity contribution in [1.82, 2.24) is 9.88 Å². The molecule has 1 aliphatic heterocycles. The van der Waals surface area contributed by atoms with Gasteiger partial charge in [-0.2, -0.15) is 5.26 Å². The summed E-state index contributed by atoms with van der Waals surface area (Å²) >= 11 is 0. The van der Waals surface area contributed by atoms with Crippen molar-refractivity contribution < 1.29 is 18.8 Å². The Morgan fingerprint density at radius 3 is 2.72 bits per heavy atom. The van der Waals surface area contributed by atoms with Crippen LogP contribution in [-0.4, -0.2) is 45.5 Å². The molecule has 1 aromatic carbocycles. The number of amides is 1. The fraction of sp³-hybridized carbons (Fsp3) is 0.316. The lowest BCUT2D eigenvalue weighted by atomic mass is 10.1. The molecule has 9 nitrogen and oxygen atoms in total. The molecular formula is C19H18FN5O4. The molecule has 1 aliphatic rings. The molecule has 2 aromatic rings. The summed E-state index contributed by atoms with van der Waals surface area (Å²) in [6.45, 7) is -0.111. The number of rotatable bonds is 6. The molecule has 0 unspecified atom stereocenters. The average Bonchev–Trinajstić information content (AvgIpc) is 3.10. The number of aromatic nitrogens is 1. The average molecular weight is 399 g/mol. The number of halogens is 1. The van der Waals surface area contributed by atoms with E-state index in [9.17, 15) is 19.3 Å². The highest BCUT2D eigenvalue weighted by Crippen LogP contribution is 2.23. The topological polar surface area (TPSA) is 135 Å². The number of alkyl halides is 1. The highest BCUT2D eigenvalue weighted by molar-refractivity contribution is 5.83. The number of nitriles is 1. The van der Waals surface area contributed by atoms with Crippen molar-refractivity contribution in [1.29, 1.82) is 5.26 Å². The summed E-state index contributed by atoms with van der Waals surface area (Å²) in [4.78, 5) is 27.6. The Kier molecular flexibility index (Phi) is 5.99. The number of carbonyl (C=O) groups is 1. The Morgan fingerprint density at radius 2 is 2.14 bits per heavy atom. The standard InChI is InChI=1S/C19H18FN5O4/c20-13-8-15(9-21)24(11-13)19(26)17(22)7-12-1-4-16(5-2-12)29-18-6-3-14(10-23-18)25(27)28/h1-6,10,13,15,17H,7-8,11,22H2/t13-,15-,17-/m0/s1. The number of likely N-dealkylation sites (tertiary alicyclic amines) is 1. The van der Waals surface area contributed by atoms with E-state index in [1.165, 1.54) is 17.0 Å². The van der Waals surface area contributed by atoms with Gasteiger partial charge in [-0.25, -0.2) is 9.37 Å². The third-order valence-corrected chi connectivity index (χ3v) is 4.53. The molecule has 0 spiro atoms. The normalized spacial score (nSPS) is 19.4. The highest BCUT2D eigenvalue weighted by Gasteiger charge is 2.37. The van der Waals surface area contributed by atoms with Crippen molar-refractivity contribution >= 4 is 11.6 Å². The van der Waals surface area contributed by atoms with E-state index in [4.69, 9.17) is 15.7 Å². The first-order valence-corrected chi connectivity index (χ1v) is 8.84. The number of ether oxygens (including phenoxy) is 1. The second kappa shape index (κ2) is 8.62. The van der Waals surface area contributed by atoms with Crippen molar-refractivity contribution in [3.8, 4) is 17.7 Å². The van der Waals surface area contributed by atoms with Gasteiger partial charge in [0.25, 0.3) is 5.69 Å². The molecule has 0 aliphatic carbocycles. The summed E-state index contributed by atoms with van der Waals surface area (Å²) < 4.78 is 19.0. The first-order chi connectivity index (χ1) is 13.9. The number of carbonyl (C=O) groups excluding carboxylic acids is 1. The van der Waals surface area contributed by atoms with Crippen molar-refractivity contribution in [2.45, 2.75) is 31.1 Å². The van der Waals surface area contributed by atoms with Gasteiger partial charge in [-0.1, -0.05) is 12.1 Å². The first-order valence-electron chi connectivity index (χ1n) is 8.84. The van der Waals surface area contributed by atoms with Crippen LogP contribution in [0.25, 0.3) is 0 Å². The van der Waals surface area contributed by atoms with E-state index in [0.29, 0.717) is 5.75 Å². The summed E-state index contributed by atoms with van der Waals surface area (Å²) in [7, 11) is 0. The molecule has 1 amide bonds. The van der Waals surface area contributed by atoms with Gasteiger partial charge in [-0.3, -0.25) is 14.9 Å². The van der Waals surface area contributed by atoms with Crippen LogP contribution >= 0.6 is 0 Å². The van der Waals surface area contributed by atoms with Crippen molar-refractivity contribution in [3.05, 3.63) is 58.3 Å². The van der Waals surface area contributed by atoms with Crippen molar-refractivity contribution in [2.75, 3.05) is 6.54 Å². The Hall–Kier alpha value is -3.58. The lowest BCUT2D eigenvalue weighted by molar-refractivity contribution is -0.385. The van der Waals surface area contributed by atoms with Crippen LogP contribution in [0.5, 0.6) is 11.6 Å². The first kappa shape index (κ1) is 20.2. The van der Waals surface area contributed by atoms with Crippen LogP contribution in [-0.2, 0) is 11.2 Å². The zero-order valence-corrected chi connectivity index (χ0v) is 15.3. The largest absolute Gasteiger partial charge is 0.439 e. The zero-order valence-electron chi connectivity index (χ0n) is 15.3. The van der Waals surface area contributed by atoms with Gasteiger partial charge in [-0.15, -0.1) is 0 Å². The number of hydrogen-bond acceptors (Lipinski definition) is 7. The number of nitrogens with two attached hydrogens (primary N) is 1. The Balaban J connectivity index is 1.59. The highest BCUT2D eigenvalue weighted by atomic mass is 19.1. The van der Waals surface area contributed by atoms with Crippen LogP contribution in [0.1, 0.15) is 12.0 Å². The minimum atomic E-state index is -1.21. The number of nitrogens with zero attached hydrogens (tertiary/aromatic N) is 4. The lowest BCUT2D eigenvalue weighted by Crippen LogP contribution is -2.46. The molecule has 1 aromatic heterocycles. The summed E-state index contributed by atoms with van der Waals surface area (Å²) in [5.74, 6) is 0.207. The van der Waals surface area contributed by atoms with E-state index in [2.05, 4.69) is 4.98 Å². The van der Waals surface area contributed by atoms with Gasteiger partial charge in [0, 0.05) is 18.6 Å². The summed E-state index contributed by atoms with van der Waals surface area (Å²) in [5, 5.41) is 19.7. The minimum absolute atomic E-state index is 0.0116. The van der Waals surface area contributed by atoms with Crippen LogP contribution < -0.4 is 10.5 Å². The SMILES string of the molecule is N#C[C@@H]1C[C@H](F)CN1C(=O)[C@@H](N)Cc1ccc(Oc2ccc([N+](=O)[O-])cn2)cc1. The van der Waals surface area contributed by atoms with Gasteiger partial charge in [0.1, 0.15) is 24.2 Å². The van der Waals surface area contributed by atoms with E-state index in [-0.39, 0.29) is 31.0 Å². The van der Waals surface area contributed by atoms with Crippen LogP contribution in [0, 0.1) is 21.4 Å². The Morgan fingerprint density at radius 1 is 1.41 bits per heavy atom. The van der Waals surface area contributed by atoms with Crippen LogP contribution in [0.4, 0.5) is 10.1 Å². The van der Waals surface area contributed by atoms with Crippen molar-refractivity contribution in [2.24, 2.45) is 5.73 Å². The lowest BCUT2D eigenvalue weighted by Gasteiger charge is -2.23. The van der Waals surface area contributed by atoms with Crippen molar-refractivity contribution in [3.63, 3.8) is 0 Å². The van der Waals surface area contributed by atoms with E-state index in [0.717, 1.165) is 11.8 Å². The second-order valence-electron chi connectivity index (χ2n) is 6.64. The van der Waals surface area contributed by atoms with E-state index in [1.807, 2.05) is 6.07 Å². The van der Waals surface area contributed by atoms with Gasteiger partial charge < -0.3 is 15.4 Å². The van der Waals surface area contributed by atoms with E-state index >= 15 is 0 Å². The molecule has 1 saturated heterocycles. The maximum Gasteiger partial charge on any atom is 0.287 e. The summed E-state index contributed by atoms with van der Waals surface area (Å²) in [6, 6.07) is 9.69. The molecule has 0 saturated carbocycles. The van der Waals surface area contributed by atoms with Crippen LogP contribution in [0.15, 0.2) is 42.6 Å². The third-order valence-electron chi connectivity index (χ3n) is 4.53. The molecule has 29 heavy (non-hydrogen) atoms. The van der Waals surface area contributed by atoms with Gasteiger partial charge in [0.05, 0.1) is 23.6 Å². The monoisotopic (exact) mass is 399 g/mol. The predicted molar refractivity (Wildman–Crippen MR) is 99.7 cm³/mol. The fourth-order valence-corrected chi connectivity index (χ4v) is 3.06. The molecular weight excluding hydrogens is 381 g/mol. The molecule has 10 heteroatoms. The summed E-state index contributed by atoms with van der Waals surface area (Å²) in [5.41, 5.74) is 6.60. The molecule has 3 atom stereocenters. The Bertz CT molecular complexity index is 929. The molecule has 2 heterocycles. The third kappa shape index (κ3) is 4.83. The molecule has 2 N–H and O–H groups in total. The second-order valence-corrected chi connectivity index (χ2v) is 6.64. The molecule has 3 rings (SSSR count). The smallest absolute Gasteiger partial charge is 0.287 e. The zero-order chi connectivity index (χ0) is 21.0. The molecule has 0 bridgehead atoms. The molecule has 150 valence electrons. The maximum atomic E-state index is 13.5. The number of hydrogen-bond donors (Lipinski definition) is 1. The quantitative estimate of drug-likeness (QED) is 0.580. The van der Waals surface area contributed by atoms with E-state index in [1.54, 1.807) is 24.3 Å². The summed E-state index contributed by atoms with van der Waals surface area (Å²) in [6.07, 6.45) is 0.127. The van der Waals surface area contributed by atoms with E-state index < -0.39 is 29.1 Å². The number of benzene rings is 1.